The fraction of sp³-hybridized carbons (Fsp3) is 0.536. The highest BCUT2D eigenvalue weighted by Crippen LogP contribution is 2.32. The SMILES string of the molecule is C=C(C)COC1=CC(C(=O)NC2CCN(C(C)c3ccc(OC)c(C)c3C)CC2)CC(OC)=C1. The second-order valence-electron chi connectivity index (χ2n) is 9.54. The lowest BCUT2D eigenvalue weighted by Crippen LogP contribution is -2.47. The quantitative estimate of drug-likeness (QED) is 0.518. The molecule has 1 aromatic carbocycles. The van der Waals surface area contributed by atoms with Gasteiger partial charge in [0.05, 0.1) is 20.1 Å². The van der Waals surface area contributed by atoms with Crippen LogP contribution >= 0.6 is 0 Å². The molecule has 2 unspecified atom stereocenters. The molecule has 0 radical (unpaired) electrons. The molecule has 6 heteroatoms. The number of likely N-dealkylation sites (tertiary alicyclic amines) is 1. The Morgan fingerprint density at radius 3 is 2.50 bits per heavy atom. The maximum absolute atomic E-state index is 13.1. The maximum Gasteiger partial charge on any atom is 0.227 e. The van der Waals surface area contributed by atoms with Crippen molar-refractivity contribution in [2.75, 3.05) is 33.9 Å². The Labute approximate surface area is 204 Å². The number of nitrogens with one attached hydrogen (secondary N) is 1. The van der Waals surface area contributed by atoms with Crippen LogP contribution in [0.5, 0.6) is 5.75 Å². The Balaban J connectivity index is 1.56. The number of carbonyl (C=O) groups is 1. The van der Waals surface area contributed by atoms with Gasteiger partial charge in [0.2, 0.25) is 5.91 Å². The van der Waals surface area contributed by atoms with E-state index in [9.17, 15) is 4.79 Å². The van der Waals surface area contributed by atoms with E-state index in [-0.39, 0.29) is 17.9 Å². The molecule has 6 nitrogen and oxygen atoms in total. The number of nitrogens with zero attached hydrogens (tertiary/aromatic N) is 1. The molecule has 1 heterocycles. The van der Waals surface area contributed by atoms with Crippen LogP contribution in [0.15, 0.2) is 48.0 Å². The molecule has 1 fully saturated rings. The lowest BCUT2D eigenvalue weighted by Gasteiger charge is -2.37. The molecule has 3 rings (SSSR count). The number of allylic oxidation sites excluding steroid dienone is 2. The van der Waals surface area contributed by atoms with Crippen molar-refractivity contribution in [3.63, 3.8) is 0 Å². The van der Waals surface area contributed by atoms with Gasteiger partial charge in [0, 0.05) is 37.7 Å². The summed E-state index contributed by atoms with van der Waals surface area (Å²) in [6, 6.07) is 4.75. The van der Waals surface area contributed by atoms with E-state index < -0.39 is 0 Å². The summed E-state index contributed by atoms with van der Waals surface area (Å²) >= 11 is 0. The zero-order valence-electron chi connectivity index (χ0n) is 21.6. The van der Waals surface area contributed by atoms with Crippen molar-refractivity contribution >= 4 is 5.91 Å². The molecule has 0 bridgehead atoms. The van der Waals surface area contributed by atoms with Gasteiger partial charge < -0.3 is 19.5 Å². The Morgan fingerprint density at radius 2 is 1.88 bits per heavy atom. The summed E-state index contributed by atoms with van der Waals surface area (Å²) in [6.07, 6.45) is 6.18. The van der Waals surface area contributed by atoms with Gasteiger partial charge in [-0.3, -0.25) is 9.69 Å². The van der Waals surface area contributed by atoms with E-state index in [1.807, 2.05) is 19.1 Å². The molecule has 1 aliphatic carbocycles. The molecule has 0 aromatic heterocycles. The van der Waals surface area contributed by atoms with Crippen LogP contribution in [0.4, 0.5) is 0 Å². The van der Waals surface area contributed by atoms with Gasteiger partial charge in [-0.2, -0.15) is 0 Å². The molecular formula is C28H40N2O4. The van der Waals surface area contributed by atoms with Crippen molar-refractivity contribution in [1.29, 1.82) is 0 Å². The minimum absolute atomic E-state index is 0.0344. The number of hydrogen-bond donors (Lipinski definition) is 1. The molecule has 2 atom stereocenters. The molecule has 1 N–H and O–H groups in total. The van der Waals surface area contributed by atoms with Crippen LogP contribution in [0.1, 0.15) is 55.8 Å². The summed E-state index contributed by atoms with van der Waals surface area (Å²) in [6.45, 7) is 14.7. The molecule has 2 aliphatic rings. The summed E-state index contributed by atoms with van der Waals surface area (Å²) in [7, 11) is 3.35. The van der Waals surface area contributed by atoms with Crippen LogP contribution < -0.4 is 10.1 Å². The van der Waals surface area contributed by atoms with Gasteiger partial charge in [0.25, 0.3) is 0 Å². The third-order valence-electron chi connectivity index (χ3n) is 7.05. The van der Waals surface area contributed by atoms with Crippen molar-refractivity contribution in [3.05, 3.63) is 64.6 Å². The number of hydrogen-bond acceptors (Lipinski definition) is 5. The number of ether oxygens (including phenoxy) is 3. The first-order chi connectivity index (χ1) is 16.2. The third-order valence-corrected chi connectivity index (χ3v) is 7.05. The number of benzene rings is 1. The van der Waals surface area contributed by atoms with Crippen LogP contribution in [0.25, 0.3) is 0 Å². The van der Waals surface area contributed by atoms with Crippen molar-refractivity contribution in [3.8, 4) is 5.75 Å². The Hall–Kier alpha value is -2.73. The zero-order chi connectivity index (χ0) is 24.8. The van der Waals surface area contributed by atoms with Crippen molar-refractivity contribution in [2.45, 2.75) is 59.0 Å². The number of amides is 1. The molecule has 186 valence electrons. The van der Waals surface area contributed by atoms with Gasteiger partial charge in [-0.1, -0.05) is 12.6 Å². The summed E-state index contributed by atoms with van der Waals surface area (Å²) in [5.74, 6) is 2.11. The fourth-order valence-corrected chi connectivity index (χ4v) is 4.77. The van der Waals surface area contributed by atoms with Gasteiger partial charge in [-0.15, -0.1) is 0 Å². The molecule has 0 saturated carbocycles. The maximum atomic E-state index is 13.1. The van der Waals surface area contributed by atoms with E-state index in [1.54, 1.807) is 14.2 Å². The summed E-state index contributed by atoms with van der Waals surface area (Å²) in [5.41, 5.74) is 4.76. The lowest BCUT2D eigenvalue weighted by atomic mass is 9.93. The topological polar surface area (TPSA) is 60.0 Å². The predicted octanol–water partition coefficient (Wildman–Crippen LogP) is 4.98. The Morgan fingerprint density at radius 1 is 1.18 bits per heavy atom. The highest BCUT2D eigenvalue weighted by molar-refractivity contribution is 5.81. The Kier molecular flexibility index (Phi) is 8.84. The van der Waals surface area contributed by atoms with Crippen molar-refractivity contribution < 1.29 is 19.0 Å². The second kappa shape index (κ2) is 11.6. The second-order valence-corrected chi connectivity index (χ2v) is 9.54. The number of rotatable bonds is 9. The van der Waals surface area contributed by atoms with E-state index in [0.717, 1.165) is 43.0 Å². The first kappa shape index (κ1) is 25.9. The minimum atomic E-state index is -0.290. The highest BCUT2D eigenvalue weighted by atomic mass is 16.5. The highest BCUT2D eigenvalue weighted by Gasteiger charge is 2.29. The summed E-state index contributed by atoms with van der Waals surface area (Å²) in [4.78, 5) is 15.6. The summed E-state index contributed by atoms with van der Waals surface area (Å²) < 4.78 is 16.7. The van der Waals surface area contributed by atoms with Crippen LogP contribution in [-0.2, 0) is 14.3 Å². The van der Waals surface area contributed by atoms with Gasteiger partial charge >= 0.3 is 0 Å². The van der Waals surface area contributed by atoms with Gasteiger partial charge in [0.15, 0.2) is 0 Å². The van der Waals surface area contributed by atoms with E-state index in [4.69, 9.17) is 14.2 Å². The normalized spacial score (nSPS) is 20.1. The molecule has 1 amide bonds. The molecule has 0 spiro atoms. The van der Waals surface area contributed by atoms with Crippen LogP contribution in [0, 0.1) is 19.8 Å². The largest absolute Gasteiger partial charge is 0.501 e. The molecular weight excluding hydrogens is 428 g/mol. The van der Waals surface area contributed by atoms with E-state index in [0.29, 0.717) is 24.8 Å². The zero-order valence-corrected chi connectivity index (χ0v) is 21.6. The predicted molar refractivity (Wildman–Crippen MR) is 136 cm³/mol. The van der Waals surface area contributed by atoms with E-state index >= 15 is 0 Å². The number of piperidine rings is 1. The number of methoxy groups -OCH3 is 2. The van der Waals surface area contributed by atoms with Gasteiger partial charge in [-0.25, -0.2) is 0 Å². The van der Waals surface area contributed by atoms with Crippen molar-refractivity contribution in [2.24, 2.45) is 5.92 Å². The summed E-state index contributed by atoms with van der Waals surface area (Å²) in [5, 5.41) is 3.27. The third kappa shape index (κ3) is 6.23. The molecule has 1 aliphatic heterocycles. The van der Waals surface area contributed by atoms with Gasteiger partial charge in [0.1, 0.15) is 23.9 Å². The van der Waals surface area contributed by atoms with Crippen LogP contribution in [0.3, 0.4) is 0 Å². The van der Waals surface area contributed by atoms with Crippen molar-refractivity contribution in [1.82, 2.24) is 10.2 Å². The number of carbonyl (C=O) groups excluding carboxylic acids is 1. The lowest BCUT2D eigenvalue weighted by molar-refractivity contribution is -0.125. The molecule has 1 saturated heterocycles. The fourth-order valence-electron chi connectivity index (χ4n) is 4.77. The van der Waals surface area contributed by atoms with Crippen LogP contribution in [-0.4, -0.2) is 50.8 Å². The minimum Gasteiger partial charge on any atom is -0.501 e. The Bertz CT molecular complexity index is 957. The average molecular weight is 469 g/mol. The molecule has 1 aromatic rings. The van der Waals surface area contributed by atoms with E-state index in [1.165, 1.54) is 16.7 Å². The standard InChI is InChI=1S/C28H40N2O4/c1-18(2)17-34-25-15-22(14-24(16-25)32-6)28(31)29-23-10-12-30(13-11-23)21(5)26-8-9-27(33-7)20(4)19(26)3/h8-9,15-16,21-23H,1,10-14,17H2,2-7H3,(H,29,31). The first-order valence-electron chi connectivity index (χ1n) is 12.2. The van der Waals surface area contributed by atoms with Crippen LogP contribution in [0.2, 0.25) is 0 Å². The van der Waals surface area contributed by atoms with Gasteiger partial charge in [-0.05, 0) is 74.9 Å². The monoisotopic (exact) mass is 468 g/mol. The average Bonchev–Trinajstić information content (AvgIpc) is 2.84. The first-order valence-corrected chi connectivity index (χ1v) is 12.2. The molecule has 34 heavy (non-hydrogen) atoms. The smallest absolute Gasteiger partial charge is 0.227 e. The van der Waals surface area contributed by atoms with E-state index in [2.05, 4.69) is 49.7 Å².